The van der Waals surface area contributed by atoms with Crippen molar-refractivity contribution in [1.82, 2.24) is 0 Å². The molecule has 2 N–H and O–H groups in total. The monoisotopic (exact) mass is 354 g/mol. The summed E-state index contributed by atoms with van der Waals surface area (Å²) >= 11 is 0. The second kappa shape index (κ2) is 6.46. The smallest absolute Gasteiger partial charge is 0.339 e. The van der Waals surface area contributed by atoms with Crippen molar-refractivity contribution in [3.05, 3.63) is 52.1 Å². The van der Waals surface area contributed by atoms with Crippen LogP contribution in [0.4, 0.5) is 0 Å². The highest BCUT2D eigenvalue weighted by Crippen LogP contribution is 2.41. The van der Waals surface area contributed by atoms with Gasteiger partial charge in [0.25, 0.3) is 0 Å². The van der Waals surface area contributed by atoms with Crippen molar-refractivity contribution < 1.29 is 15.0 Å². The summed E-state index contributed by atoms with van der Waals surface area (Å²) in [5.74, 6) is -1.23. The quantitative estimate of drug-likeness (QED) is 0.698. The van der Waals surface area contributed by atoms with Gasteiger partial charge in [-0.05, 0) is 53.0 Å². The van der Waals surface area contributed by atoms with Crippen LogP contribution < -0.4 is 0 Å². The third kappa shape index (κ3) is 3.77. The number of hydrogen-bond acceptors (Lipinski definition) is 2. The van der Waals surface area contributed by atoms with E-state index in [1.165, 1.54) is 5.56 Å². The molecule has 0 radical (unpaired) electrons. The molecule has 3 heteroatoms. The van der Waals surface area contributed by atoms with Crippen LogP contribution in [0.5, 0.6) is 5.75 Å². The molecule has 0 saturated heterocycles. The van der Waals surface area contributed by atoms with E-state index >= 15 is 0 Å². The molecule has 0 bridgehead atoms. The molecule has 0 fully saturated rings. The van der Waals surface area contributed by atoms with Gasteiger partial charge in [-0.25, -0.2) is 4.79 Å². The lowest BCUT2D eigenvalue weighted by Gasteiger charge is -2.25. The molecule has 0 unspecified atom stereocenters. The van der Waals surface area contributed by atoms with E-state index < -0.39 is 5.97 Å². The summed E-state index contributed by atoms with van der Waals surface area (Å²) in [5.41, 5.74) is 5.04. The highest BCUT2D eigenvalue weighted by molar-refractivity contribution is 5.96. The van der Waals surface area contributed by atoms with Crippen molar-refractivity contribution in [2.24, 2.45) is 0 Å². The lowest BCUT2D eigenvalue weighted by Crippen LogP contribution is -2.15. The minimum atomic E-state index is -1.10. The third-order valence-electron chi connectivity index (χ3n) is 4.84. The zero-order chi connectivity index (χ0) is 20.0. The minimum absolute atomic E-state index is 0.00587. The summed E-state index contributed by atoms with van der Waals surface area (Å²) in [7, 11) is 0. The Hall–Kier alpha value is -2.29. The van der Waals surface area contributed by atoms with Crippen LogP contribution in [0.1, 0.15) is 74.2 Å². The zero-order valence-corrected chi connectivity index (χ0v) is 17.1. The highest BCUT2D eigenvalue weighted by Gasteiger charge is 2.27. The van der Waals surface area contributed by atoms with Crippen LogP contribution in [0, 0.1) is 13.8 Å². The van der Waals surface area contributed by atoms with Crippen LogP contribution in [0.2, 0.25) is 0 Å². The number of aryl methyl sites for hydroxylation is 1. The van der Waals surface area contributed by atoms with Crippen molar-refractivity contribution in [3.8, 4) is 16.9 Å². The van der Waals surface area contributed by atoms with Gasteiger partial charge in [-0.3, -0.25) is 0 Å². The lowest BCUT2D eigenvalue weighted by atomic mass is 9.80. The van der Waals surface area contributed by atoms with E-state index in [0.29, 0.717) is 11.1 Å². The fourth-order valence-electron chi connectivity index (χ4n) is 3.27. The number of carboxylic acid groups (broad SMARTS) is 1. The molecule has 0 atom stereocenters. The number of aromatic carboxylic acids is 1. The topological polar surface area (TPSA) is 57.5 Å². The Morgan fingerprint density at radius 2 is 1.46 bits per heavy atom. The summed E-state index contributed by atoms with van der Waals surface area (Å²) in [6.07, 6.45) is 0. The molecule has 0 saturated carbocycles. The maximum atomic E-state index is 11.8. The number of rotatable bonds is 2. The Morgan fingerprint density at radius 3 is 1.92 bits per heavy atom. The maximum absolute atomic E-state index is 11.8. The van der Waals surface area contributed by atoms with Crippen LogP contribution >= 0.6 is 0 Å². The number of benzene rings is 2. The van der Waals surface area contributed by atoms with E-state index in [4.69, 9.17) is 0 Å². The summed E-state index contributed by atoms with van der Waals surface area (Å²) in [6, 6.07) is 8.32. The maximum Gasteiger partial charge on any atom is 0.339 e. The Balaban J connectivity index is 2.89. The van der Waals surface area contributed by atoms with Gasteiger partial charge in [0.1, 0.15) is 11.3 Å². The fraction of sp³-hybridized carbons (Fsp3) is 0.435. The number of hydrogen-bond donors (Lipinski definition) is 2. The molecule has 0 aliphatic carbocycles. The van der Waals surface area contributed by atoms with E-state index in [0.717, 1.165) is 16.7 Å². The first-order chi connectivity index (χ1) is 11.7. The van der Waals surface area contributed by atoms with Crippen LogP contribution in [0.15, 0.2) is 24.3 Å². The van der Waals surface area contributed by atoms with Gasteiger partial charge in [-0.2, -0.15) is 0 Å². The van der Waals surface area contributed by atoms with Gasteiger partial charge in [0.2, 0.25) is 0 Å². The summed E-state index contributed by atoms with van der Waals surface area (Å²) in [4.78, 5) is 11.8. The molecule has 0 amide bonds. The molecular formula is C23H30O3. The van der Waals surface area contributed by atoms with Crippen LogP contribution in [-0.4, -0.2) is 16.2 Å². The van der Waals surface area contributed by atoms with Gasteiger partial charge < -0.3 is 10.2 Å². The standard InChI is InChI=1S/C23H30O3/c1-13-9-15(11-16(10-13)22(3,4)5)17-12-18(23(6,7)8)20(24)19(14(17)2)21(25)26/h9-12,24H,1-8H3,(H,25,26). The molecule has 2 aromatic carbocycles. The van der Waals surface area contributed by atoms with Crippen molar-refractivity contribution in [1.29, 1.82) is 0 Å². The molecular weight excluding hydrogens is 324 g/mol. The van der Waals surface area contributed by atoms with E-state index in [1.807, 2.05) is 26.8 Å². The van der Waals surface area contributed by atoms with Gasteiger partial charge in [0.15, 0.2) is 0 Å². The van der Waals surface area contributed by atoms with Gasteiger partial charge in [0.05, 0.1) is 0 Å². The van der Waals surface area contributed by atoms with E-state index in [1.54, 1.807) is 6.92 Å². The predicted molar refractivity (Wildman–Crippen MR) is 107 cm³/mol. The minimum Gasteiger partial charge on any atom is -0.507 e. The summed E-state index contributed by atoms with van der Waals surface area (Å²) in [5, 5.41) is 20.3. The zero-order valence-electron chi connectivity index (χ0n) is 17.1. The number of carboxylic acids is 1. The molecule has 26 heavy (non-hydrogen) atoms. The van der Waals surface area contributed by atoms with Crippen LogP contribution in [-0.2, 0) is 10.8 Å². The van der Waals surface area contributed by atoms with Gasteiger partial charge in [-0.1, -0.05) is 65.3 Å². The molecule has 3 nitrogen and oxygen atoms in total. The predicted octanol–water partition coefficient (Wildman–Crippen LogP) is 5.97. The van der Waals surface area contributed by atoms with Crippen molar-refractivity contribution in [2.45, 2.75) is 66.2 Å². The molecule has 0 aliphatic rings. The van der Waals surface area contributed by atoms with Crippen molar-refractivity contribution in [2.75, 3.05) is 0 Å². The number of carbonyl (C=O) groups is 1. The van der Waals surface area contributed by atoms with E-state index in [2.05, 4.69) is 45.9 Å². The summed E-state index contributed by atoms with van der Waals surface area (Å²) in [6.45, 7) is 16.2. The van der Waals surface area contributed by atoms with Gasteiger partial charge in [-0.15, -0.1) is 0 Å². The van der Waals surface area contributed by atoms with Gasteiger partial charge in [0, 0.05) is 5.56 Å². The second-order valence-electron chi connectivity index (χ2n) is 9.21. The van der Waals surface area contributed by atoms with Crippen molar-refractivity contribution >= 4 is 5.97 Å². The molecule has 0 spiro atoms. The van der Waals surface area contributed by atoms with Crippen molar-refractivity contribution in [3.63, 3.8) is 0 Å². The first kappa shape index (κ1) is 20.0. The first-order valence-corrected chi connectivity index (χ1v) is 8.96. The largest absolute Gasteiger partial charge is 0.507 e. The van der Waals surface area contributed by atoms with E-state index in [-0.39, 0.29) is 22.1 Å². The van der Waals surface area contributed by atoms with Gasteiger partial charge >= 0.3 is 5.97 Å². The molecule has 2 aromatic rings. The Morgan fingerprint density at radius 1 is 0.885 bits per heavy atom. The molecule has 2 rings (SSSR count). The fourth-order valence-corrected chi connectivity index (χ4v) is 3.27. The third-order valence-corrected chi connectivity index (χ3v) is 4.84. The van der Waals surface area contributed by atoms with Crippen LogP contribution in [0.25, 0.3) is 11.1 Å². The Bertz CT molecular complexity index is 862. The number of phenols is 1. The lowest BCUT2D eigenvalue weighted by molar-refractivity contribution is 0.0692. The highest BCUT2D eigenvalue weighted by atomic mass is 16.4. The molecule has 0 aliphatic heterocycles. The Labute approximate surface area is 156 Å². The molecule has 0 heterocycles. The Kier molecular flexibility index (Phi) is 4.97. The average molecular weight is 354 g/mol. The SMILES string of the molecule is Cc1cc(-c2cc(C(C)(C)C)c(O)c(C(=O)O)c2C)cc(C(C)(C)C)c1. The average Bonchev–Trinajstić information content (AvgIpc) is 2.43. The summed E-state index contributed by atoms with van der Waals surface area (Å²) < 4.78 is 0. The number of aromatic hydroxyl groups is 1. The first-order valence-electron chi connectivity index (χ1n) is 8.96. The molecule has 140 valence electrons. The van der Waals surface area contributed by atoms with Crippen LogP contribution in [0.3, 0.4) is 0 Å². The van der Waals surface area contributed by atoms with E-state index in [9.17, 15) is 15.0 Å². The molecule has 0 aromatic heterocycles. The normalized spacial score (nSPS) is 12.3. The second-order valence-corrected chi connectivity index (χ2v) is 9.21.